The van der Waals surface area contributed by atoms with Gasteiger partial charge in [-0.2, -0.15) is 17.5 Å². The molecule has 5 nitrogen and oxygen atoms in total. The van der Waals surface area contributed by atoms with Crippen LogP contribution >= 0.6 is 0 Å². The molecule has 132 valence electrons. The first-order valence-corrected chi connectivity index (χ1v) is 8.90. The number of nitrogens with zero attached hydrogens (tertiary/aromatic N) is 1. The first-order valence-electron chi connectivity index (χ1n) is 7.46. The van der Waals surface area contributed by atoms with E-state index in [-0.39, 0.29) is 13.0 Å². The van der Waals surface area contributed by atoms with Crippen LogP contribution in [-0.4, -0.2) is 42.7 Å². The van der Waals surface area contributed by atoms with Crippen LogP contribution in [0.25, 0.3) is 11.0 Å². The van der Waals surface area contributed by atoms with Crippen LogP contribution in [0, 0.1) is 0 Å². The molecule has 0 amide bonds. The van der Waals surface area contributed by atoms with E-state index >= 15 is 0 Å². The van der Waals surface area contributed by atoms with Crippen molar-refractivity contribution < 1.29 is 31.1 Å². The number of hydrogen-bond acceptors (Lipinski definition) is 4. The summed E-state index contributed by atoms with van der Waals surface area (Å²) >= 11 is 0. The van der Waals surface area contributed by atoms with Crippen LogP contribution in [0.1, 0.15) is 19.3 Å². The SMILES string of the molecule is O=S(=O)(c1cc2ccccc2o1)N1CCCCC1C(O)C(F)(F)F. The van der Waals surface area contributed by atoms with Gasteiger partial charge in [0.2, 0.25) is 5.09 Å². The molecule has 9 heteroatoms. The average Bonchev–Trinajstić information content (AvgIpc) is 2.98. The highest BCUT2D eigenvalue weighted by atomic mass is 32.2. The topological polar surface area (TPSA) is 70.8 Å². The van der Waals surface area contributed by atoms with Crippen molar-refractivity contribution >= 4 is 21.0 Å². The number of halogens is 3. The van der Waals surface area contributed by atoms with E-state index in [2.05, 4.69) is 0 Å². The highest BCUT2D eigenvalue weighted by Gasteiger charge is 2.49. The zero-order valence-corrected chi connectivity index (χ0v) is 13.3. The third-order valence-corrected chi connectivity index (χ3v) is 5.94. The normalized spacial score (nSPS) is 21.9. The number of benzene rings is 1. The predicted octanol–water partition coefficient (Wildman–Crippen LogP) is 2.90. The summed E-state index contributed by atoms with van der Waals surface area (Å²) in [4.78, 5) is 0. The first-order chi connectivity index (χ1) is 11.2. The van der Waals surface area contributed by atoms with Gasteiger partial charge in [0, 0.05) is 18.0 Å². The van der Waals surface area contributed by atoms with Gasteiger partial charge in [0.25, 0.3) is 10.0 Å². The van der Waals surface area contributed by atoms with Crippen LogP contribution in [0.15, 0.2) is 39.8 Å². The lowest BCUT2D eigenvalue weighted by Crippen LogP contribution is -2.54. The highest BCUT2D eigenvalue weighted by Crippen LogP contribution is 2.34. The second-order valence-corrected chi connectivity index (χ2v) is 7.59. The maximum Gasteiger partial charge on any atom is 0.415 e. The lowest BCUT2D eigenvalue weighted by atomic mass is 9.99. The fourth-order valence-corrected chi connectivity index (χ4v) is 4.61. The number of aliphatic hydroxyl groups excluding tert-OH is 1. The molecular weight excluding hydrogens is 347 g/mol. The molecule has 0 bridgehead atoms. The van der Waals surface area contributed by atoms with Crippen LogP contribution in [0.3, 0.4) is 0 Å². The lowest BCUT2D eigenvalue weighted by molar-refractivity contribution is -0.219. The van der Waals surface area contributed by atoms with Gasteiger partial charge in [0.1, 0.15) is 5.58 Å². The molecule has 1 N–H and O–H groups in total. The Balaban J connectivity index is 1.99. The molecule has 2 unspecified atom stereocenters. The molecule has 0 saturated carbocycles. The van der Waals surface area contributed by atoms with Crippen molar-refractivity contribution in [1.29, 1.82) is 0 Å². The Labute approximate surface area is 136 Å². The Hall–Kier alpha value is -1.58. The molecule has 3 rings (SSSR count). The summed E-state index contributed by atoms with van der Waals surface area (Å²) in [5.74, 6) is 0. The first kappa shape index (κ1) is 17.2. The number of furan rings is 1. The van der Waals surface area contributed by atoms with Gasteiger partial charge in [-0.3, -0.25) is 0 Å². The van der Waals surface area contributed by atoms with Crippen molar-refractivity contribution in [3.8, 4) is 0 Å². The number of rotatable bonds is 3. The molecule has 2 atom stereocenters. The standard InChI is InChI=1S/C15H16F3NO4S/c16-15(17,18)14(20)11-6-3-4-8-19(11)24(21,22)13-9-10-5-1-2-7-12(10)23-13/h1-2,5,7,9,11,14,20H,3-4,6,8H2. The van der Waals surface area contributed by atoms with E-state index in [1.54, 1.807) is 24.3 Å². The van der Waals surface area contributed by atoms with Crippen molar-refractivity contribution in [1.82, 2.24) is 4.31 Å². The van der Waals surface area contributed by atoms with Crippen LogP contribution < -0.4 is 0 Å². The molecule has 1 saturated heterocycles. The van der Waals surface area contributed by atoms with Crippen molar-refractivity contribution in [2.24, 2.45) is 0 Å². The van der Waals surface area contributed by atoms with Gasteiger partial charge in [-0.25, -0.2) is 8.42 Å². The molecule has 2 heterocycles. The Bertz CT molecular complexity index is 798. The number of fused-ring (bicyclic) bond motifs is 1. The second-order valence-electron chi connectivity index (χ2n) is 5.77. The highest BCUT2D eigenvalue weighted by molar-refractivity contribution is 7.89. The van der Waals surface area contributed by atoms with Gasteiger partial charge in [-0.15, -0.1) is 0 Å². The van der Waals surface area contributed by atoms with E-state index in [1.165, 1.54) is 6.07 Å². The van der Waals surface area contributed by atoms with Gasteiger partial charge in [0.15, 0.2) is 6.10 Å². The summed E-state index contributed by atoms with van der Waals surface area (Å²) in [7, 11) is -4.27. The number of sulfonamides is 1. The third kappa shape index (κ3) is 3.03. The number of piperidine rings is 1. The minimum atomic E-state index is -4.89. The van der Waals surface area contributed by atoms with E-state index in [0.717, 1.165) is 0 Å². The largest absolute Gasteiger partial charge is 0.443 e. The Morgan fingerprint density at radius 3 is 2.62 bits per heavy atom. The number of para-hydroxylation sites is 1. The van der Waals surface area contributed by atoms with Crippen LogP contribution in [0.2, 0.25) is 0 Å². The van der Waals surface area contributed by atoms with Crippen LogP contribution in [0.4, 0.5) is 13.2 Å². The van der Waals surface area contributed by atoms with Crippen LogP contribution in [-0.2, 0) is 10.0 Å². The molecule has 1 aromatic heterocycles. The zero-order chi connectivity index (χ0) is 17.5. The Kier molecular flexibility index (Phi) is 4.35. The molecule has 0 radical (unpaired) electrons. The maximum atomic E-state index is 12.9. The van der Waals surface area contributed by atoms with Gasteiger partial charge < -0.3 is 9.52 Å². The summed E-state index contributed by atoms with van der Waals surface area (Å²) in [5, 5.41) is 9.70. The van der Waals surface area contributed by atoms with Crippen molar-refractivity contribution in [3.05, 3.63) is 30.3 Å². The minimum Gasteiger partial charge on any atom is -0.443 e. The number of hydrogen-bond donors (Lipinski definition) is 1. The summed E-state index contributed by atoms with van der Waals surface area (Å²) in [5.41, 5.74) is 0.334. The summed E-state index contributed by atoms with van der Waals surface area (Å²) in [6, 6.07) is 6.33. The molecular formula is C15H16F3NO4S. The Morgan fingerprint density at radius 2 is 1.96 bits per heavy atom. The van der Waals surface area contributed by atoms with E-state index in [0.29, 0.717) is 28.1 Å². The van der Waals surface area contributed by atoms with E-state index in [4.69, 9.17) is 4.42 Å². The molecule has 24 heavy (non-hydrogen) atoms. The van der Waals surface area contributed by atoms with Gasteiger partial charge in [-0.1, -0.05) is 24.6 Å². The van der Waals surface area contributed by atoms with Crippen LogP contribution in [0.5, 0.6) is 0 Å². The van der Waals surface area contributed by atoms with E-state index in [9.17, 15) is 26.7 Å². The average molecular weight is 363 g/mol. The van der Waals surface area contributed by atoms with E-state index in [1.807, 2.05) is 0 Å². The summed E-state index contributed by atoms with van der Waals surface area (Å²) in [6.45, 7) is -0.0861. The number of aliphatic hydroxyl groups is 1. The van der Waals surface area contributed by atoms with Gasteiger partial charge in [-0.05, 0) is 18.9 Å². The van der Waals surface area contributed by atoms with E-state index < -0.39 is 33.4 Å². The predicted molar refractivity (Wildman–Crippen MR) is 79.8 cm³/mol. The molecule has 0 spiro atoms. The third-order valence-electron chi connectivity index (χ3n) is 4.16. The summed E-state index contributed by atoms with van der Waals surface area (Å²) < 4.78 is 70.1. The number of alkyl halides is 3. The van der Waals surface area contributed by atoms with Crippen molar-refractivity contribution in [2.45, 2.75) is 42.7 Å². The molecule has 1 aliphatic rings. The van der Waals surface area contributed by atoms with Crippen molar-refractivity contribution in [3.63, 3.8) is 0 Å². The zero-order valence-electron chi connectivity index (χ0n) is 12.5. The maximum absolute atomic E-state index is 12.9. The Morgan fingerprint density at radius 1 is 1.25 bits per heavy atom. The molecule has 1 aromatic carbocycles. The minimum absolute atomic E-state index is 0.0554. The molecule has 1 fully saturated rings. The van der Waals surface area contributed by atoms with Gasteiger partial charge in [0.05, 0.1) is 6.04 Å². The second kappa shape index (κ2) is 6.05. The fourth-order valence-electron chi connectivity index (χ4n) is 2.96. The molecule has 0 aliphatic carbocycles. The fraction of sp³-hybridized carbons (Fsp3) is 0.467. The monoisotopic (exact) mass is 363 g/mol. The smallest absolute Gasteiger partial charge is 0.415 e. The lowest BCUT2D eigenvalue weighted by Gasteiger charge is -2.37. The van der Waals surface area contributed by atoms with Gasteiger partial charge >= 0.3 is 6.18 Å². The summed E-state index contributed by atoms with van der Waals surface area (Å²) in [6.07, 6.45) is -6.81. The van der Waals surface area contributed by atoms with Crippen molar-refractivity contribution in [2.75, 3.05) is 6.54 Å². The molecule has 2 aromatic rings. The quantitative estimate of drug-likeness (QED) is 0.910. The molecule has 1 aliphatic heterocycles.